The molecule has 0 atom stereocenters. The first kappa shape index (κ1) is 22.2. The van der Waals surface area contributed by atoms with Gasteiger partial charge in [0.15, 0.2) is 0 Å². The van der Waals surface area contributed by atoms with Crippen LogP contribution in [0.4, 0.5) is 5.69 Å². The van der Waals surface area contributed by atoms with Gasteiger partial charge in [0.2, 0.25) is 15.9 Å². The molecule has 0 heterocycles. The number of hydrogen-bond donors (Lipinski definition) is 2. The molecule has 0 fully saturated rings. The average Bonchev–Trinajstić information content (AvgIpc) is 2.78. The van der Waals surface area contributed by atoms with E-state index in [9.17, 15) is 18.0 Å². The molecule has 0 spiro atoms. The molecule has 160 valence electrons. The zero-order valence-electron chi connectivity index (χ0n) is 17.0. The molecule has 3 aromatic rings. The topological polar surface area (TPSA) is 110 Å². The van der Waals surface area contributed by atoms with Gasteiger partial charge in [0.1, 0.15) is 0 Å². The van der Waals surface area contributed by atoms with E-state index in [0.29, 0.717) is 23.4 Å². The van der Waals surface area contributed by atoms with Crippen LogP contribution in [0, 0.1) is 0 Å². The number of anilines is 1. The molecule has 0 aliphatic rings. The number of sulfonamides is 1. The number of nitrogens with zero attached hydrogens (tertiary/aromatic N) is 1. The Kier molecular flexibility index (Phi) is 6.84. The molecule has 0 aliphatic heterocycles. The summed E-state index contributed by atoms with van der Waals surface area (Å²) < 4.78 is 27.1. The van der Waals surface area contributed by atoms with E-state index in [2.05, 4.69) is 5.32 Å². The first-order chi connectivity index (χ1) is 14.8. The smallest absolute Gasteiger partial charge is 0.255 e. The number of benzene rings is 3. The van der Waals surface area contributed by atoms with Crippen molar-refractivity contribution in [2.75, 3.05) is 11.9 Å². The summed E-state index contributed by atoms with van der Waals surface area (Å²) in [6, 6.07) is 21.3. The van der Waals surface area contributed by atoms with E-state index < -0.39 is 15.9 Å². The monoisotopic (exact) mass is 437 g/mol. The minimum absolute atomic E-state index is 0.199. The summed E-state index contributed by atoms with van der Waals surface area (Å²) in [5.74, 6) is -0.855. The number of rotatable bonds is 8. The molecule has 3 N–H and O–H groups in total. The van der Waals surface area contributed by atoms with Crippen LogP contribution in [0.15, 0.2) is 83.8 Å². The van der Waals surface area contributed by atoms with Crippen LogP contribution < -0.4 is 11.1 Å². The fraction of sp³-hybridized carbons (Fsp3) is 0.130. The van der Waals surface area contributed by atoms with E-state index >= 15 is 0 Å². The minimum atomic E-state index is -3.61. The summed E-state index contributed by atoms with van der Waals surface area (Å²) in [6.45, 7) is 2.30. The van der Waals surface area contributed by atoms with Crippen LogP contribution in [0.25, 0.3) is 0 Å². The zero-order valence-corrected chi connectivity index (χ0v) is 17.8. The van der Waals surface area contributed by atoms with Crippen LogP contribution in [0.1, 0.15) is 33.2 Å². The molecule has 0 saturated heterocycles. The minimum Gasteiger partial charge on any atom is -0.366 e. The maximum absolute atomic E-state index is 12.8. The Balaban J connectivity index is 1.69. The third-order valence-corrected chi connectivity index (χ3v) is 6.67. The lowest BCUT2D eigenvalue weighted by Crippen LogP contribution is -2.30. The Hall–Kier alpha value is -3.49. The van der Waals surface area contributed by atoms with Crippen LogP contribution >= 0.6 is 0 Å². The highest BCUT2D eigenvalue weighted by molar-refractivity contribution is 7.89. The van der Waals surface area contributed by atoms with Gasteiger partial charge in [-0.15, -0.1) is 0 Å². The maximum Gasteiger partial charge on any atom is 0.255 e. The molecular formula is C23H23N3O4S. The molecular weight excluding hydrogens is 414 g/mol. The molecule has 2 amide bonds. The fourth-order valence-electron chi connectivity index (χ4n) is 2.99. The van der Waals surface area contributed by atoms with Crippen molar-refractivity contribution in [1.82, 2.24) is 4.31 Å². The molecule has 0 bridgehead atoms. The molecule has 8 heteroatoms. The second-order valence-corrected chi connectivity index (χ2v) is 8.77. The number of nitrogens with one attached hydrogen (secondary N) is 1. The van der Waals surface area contributed by atoms with E-state index in [1.165, 1.54) is 16.4 Å². The van der Waals surface area contributed by atoms with Crippen molar-refractivity contribution in [3.8, 4) is 0 Å². The molecule has 0 aliphatic carbocycles. The summed E-state index contributed by atoms with van der Waals surface area (Å²) in [6.07, 6.45) is 0. The van der Waals surface area contributed by atoms with E-state index in [0.717, 1.165) is 5.56 Å². The number of primary amides is 1. The van der Waals surface area contributed by atoms with E-state index in [1.54, 1.807) is 73.7 Å². The van der Waals surface area contributed by atoms with Gasteiger partial charge in [-0.25, -0.2) is 8.42 Å². The normalized spacial score (nSPS) is 11.3. The van der Waals surface area contributed by atoms with Crippen molar-refractivity contribution < 1.29 is 18.0 Å². The van der Waals surface area contributed by atoms with Crippen molar-refractivity contribution in [3.63, 3.8) is 0 Å². The van der Waals surface area contributed by atoms with Gasteiger partial charge in [0, 0.05) is 29.9 Å². The lowest BCUT2D eigenvalue weighted by molar-refractivity contribution is 0.0998. The number of nitrogens with two attached hydrogens (primary N) is 1. The van der Waals surface area contributed by atoms with E-state index in [4.69, 9.17) is 5.73 Å². The highest BCUT2D eigenvalue weighted by Crippen LogP contribution is 2.19. The van der Waals surface area contributed by atoms with Crippen molar-refractivity contribution in [1.29, 1.82) is 0 Å². The Morgan fingerprint density at radius 3 is 2.00 bits per heavy atom. The highest BCUT2D eigenvalue weighted by atomic mass is 32.2. The van der Waals surface area contributed by atoms with Crippen molar-refractivity contribution in [2.45, 2.75) is 18.4 Å². The Morgan fingerprint density at radius 1 is 0.871 bits per heavy atom. The summed E-state index contributed by atoms with van der Waals surface area (Å²) >= 11 is 0. The molecule has 0 unspecified atom stereocenters. The van der Waals surface area contributed by atoms with Gasteiger partial charge in [-0.05, 0) is 54.1 Å². The Morgan fingerprint density at radius 2 is 1.45 bits per heavy atom. The number of amides is 2. The van der Waals surface area contributed by atoms with E-state index in [-0.39, 0.29) is 17.3 Å². The largest absolute Gasteiger partial charge is 0.366 e. The van der Waals surface area contributed by atoms with Gasteiger partial charge in [0.05, 0.1) is 4.90 Å². The van der Waals surface area contributed by atoms with Gasteiger partial charge in [-0.1, -0.05) is 37.3 Å². The average molecular weight is 438 g/mol. The quantitative estimate of drug-likeness (QED) is 0.564. The standard InChI is InChI=1S/C23H23N3O4S/c1-2-26(31(29,30)21-6-4-3-5-7-21)16-17-8-10-19(11-9-17)23(28)25-20-14-12-18(13-15-20)22(24)27/h3-15H,2,16H2,1H3,(H2,24,27)(H,25,28). The molecule has 0 saturated carbocycles. The number of carbonyl (C=O) groups excluding carboxylic acids is 2. The second-order valence-electron chi connectivity index (χ2n) is 6.84. The Labute approximate surface area is 181 Å². The van der Waals surface area contributed by atoms with Crippen molar-refractivity contribution in [2.24, 2.45) is 5.73 Å². The fourth-order valence-corrected chi connectivity index (χ4v) is 4.45. The van der Waals surface area contributed by atoms with Crippen LogP contribution in [0.3, 0.4) is 0 Å². The number of carbonyl (C=O) groups is 2. The third kappa shape index (κ3) is 5.36. The first-order valence-corrected chi connectivity index (χ1v) is 11.1. The lowest BCUT2D eigenvalue weighted by Gasteiger charge is -2.20. The molecule has 3 rings (SSSR count). The Bertz CT molecular complexity index is 1160. The predicted molar refractivity (Wildman–Crippen MR) is 119 cm³/mol. The maximum atomic E-state index is 12.8. The van der Waals surface area contributed by atoms with Gasteiger partial charge in [-0.2, -0.15) is 4.31 Å². The molecule has 3 aromatic carbocycles. The SMILES string of the molecule is CCN(Cc1ccc(C(=O)Nc2ccc(C(N)=O)cc2)cc1)S(=O)(=O)c1ccccc1. The lowest BCUT2D eigenvalue weighted by atomic mass is 10.1. The summed E-state index contributed by atoms with van der Waals surface area (Å²) in [4.78, 5) is 23.8. The summed E-state index contributed by atoms with van der Waals surface area (Å²) in [5.41, 5.74) is 7.29. The van der Waals surface area contributed by atoms with Gasteiger partial charge < -0.3 is 11.1 Å². The molecule has 31 heavy (non-hydrogen) atoms. The van der Waals surface area contributed by atoms with Gasteiger partial charge >= 0.3 is 0 Å². The summed E-state index contributed by atoms with van der Waals surface area (Å²) in [5, 5.41) is 2.74. The van der Waals surface area contributed by atoms with Gasteiger partial charge in [0.25, 0.3) is 5.91 Å². The molecule has 7 nitrogen and oxygen atoms in total. The third-order valence-electron chi connectivity index (χ3n) is 4.74. The van der Waals surface area contributed by atoms with Crippen LogP contribution in [0.2, 0.25) is 0 Å². The van der Waals surface area contributed by atoms with E-state index in [1.807, 2.05) is 0 Å². The van der Waals surface area contributed by atoms with Crippen LogP contribution in [-0.2, 0) is 16.6 Å². The predicted octanol–water partition coefficient (Wildman–Crippen LogP) is 3.25. The highest BCUT2D eigenvalue weighted by Gasteiger charge is 2.23. The van der Waals surface area contributed by atoms with Crippen molar-refractivity contribution in [3.05, 3.63) is 95.6 Å². The van der Waals surface area contributed by atoms with Crippen molar-refractivity contribution >= 4 is 27.5 Å². The molecule has 0 aromatic heterocycles. The molecule has 0 radical (unpaired) electrons. The van der Waals surface area contributed by atoms with Gasteiger partial charge in [-0.3, -0.25) is 9.59 Å². The zero-order chi connectivity index (χ0) is 22.4. The summed E-state index contributed by atoms with van der Waals surface area (Å²) in [7, 11) is -3.61. The van der Waals surface area contributed by atoms with Crippen LogP contribution in [-0.4, -0.2) is 31.1 Å². The van der Waals surface area contributed by atoms with Crippen LogP contribution in [0.5, 0.6) is 0 Å². The second kappa shape index (κ2) is 9.55. The number of hydrogen-bond acceptors (Lipinski definition) is 4. The first-order valence-electron chi connectivity index (χ1n) is 9.66.